The monoisotopic (exact) mass is 424 g/mol. The Balaban J connectivity index is 1.53. The predicted molar refractivity (Wildman–Crippen MR) is 115 cm³/mol. The number of aromatic nitrogens is 4. The first kappa shape index (κ1) is 20.3. The van der Waals surface area contributed by atoms with E-state index in [4.69, 9.17) is 10.8 Å². The second-order valence-corrected chi connectivity index (χ2v) is 8.46. The van der Waals surface area contributed by atoms with Gasteiger partial charge in [-0.25, -0.2) is 4.68 Å². The molecule has 30 heavy (non-hydrogen) atoms. The maximum absolute atomic E-state index is 12.7. The number of hydrogen-bond donors (Lipinski definition) is 1. The van der Waals surface area contributed by atoms with Gasteiger partial charge in [-0.2, -0.15) is 10.2 Å². The average Bonchev–Trinajstić information content (AvgIpc) is 3.12. The van der Waals surface area contributed by atoms with E-state index in [0.29, 0.717) is 31.0 Å². The topological polar surface area (TPSA) is 107 Å². The standard InChI is InChI=1S/C21H24N6O2S/c1-13-18-14(2)27(16-6-4-3-5-7-16)25-19(18)21(24-23-13)30-12-17(28)26-10-8-15(9-11-26)20(22)29/h3-7,15H,8-12H2,1-2H3,(H2,22,29). The zero-order valence-electron chi connectivity index (χ0n) is 17.0. The van der Waals surface area contributed by atoms with Crippen molar-refractivity contribution in [1.82, 2.24) is 24.9 Å². The quantitative estimate of drug-likeness (QED) is 0.630. The number of benzene rings is 1. The first-order valence-electron chi connectivity index (χ1n) is 9.93. The van der Waals surface area contributed by atoms with E-state index >= 15 is 0 Å². The van der Waals surface area contributed by atoms with E-state index in [1.807, 2.05) is 48.9 Å². The number of aryl methyl sites for hydroxylation is 2. The molecule has 1 saturated heterocycles. The van der Waals surface area contributed by atoms with Gasteiger partial charge in [-0.3, -0.25) is 9.59 Å². The van der Waals surface area contributed by atoms with Gasteiger partial charge in [0.05, 0.1) is 22.8 Å². The van der Waals surface area contributed by atoms with Crippen LogP contribution in [-0.2, 0) is 9.59 Å². The van der Waals surface area contributed by atoms with Crippen LogP contribution in [0.25, 0.3) is 16.6 Å². The number of thioether (sulfide) groups is 1. The molecule has 1 fully saturated rings. The first-order valence-corrected chi connectivity index (χ1v) is 10.9. The van der Waals surface area contributed by atoms with Crippen LogP contribution in [0.3, 0.4) is 0 Å². The van der Waals surface area contributed by atoms with Crippen LogP contribution in [0.4, 0.5) is 0 Å². The number of nitrogens with two attached hydrogens (primary N) is 1. The smallest absolute Gasteiger partial charge is 0.232 e. The molecule has 8 nitrogen and oxygen atoms in total. The van der Waals surface area contributed by atoms with Crippen LogP contribution in [0, 0.1) is 19.8 Å². The van der Waals surface area contributed by atoms with E-state index in [9.17, 15) is 9.59 Å². The highest BCUT2D eigenvalue weighted by atomic mass is 32.2. The summed E-state index contributed by atoms with van der Waals surface area (Å²) in [5.41, 5.74) is 8.90. The molecule has 0 unspecified atom stereocenters. The zero-order chi connectivity index (χ0) is 21.3. The van der Waals surface area contributed by atoms with E-state index < -0.39 is 0 Å². The minimum absolute atomic E-state index is 0.0256. The van der Waals surface area contributed by atoms with Crippen molar-refractivity contribution in [2.75, 3.05) is 18.8 Å². The number of likely N-dealkylation sites (tertiary alicyclic amines) is 1. The van der Waals surface area contributed by atoms with Crippen LogP contribution >= 0.6 is 11.8 Å². The van der Waals surface area contributed by atoms with Crippen molar-refractivity contribution in [3.05, 3.63) is 41.7 Å². The lowest BCUT2D eigenvalue weighted by Crippen LogP contribution is -2.42. The van der Waals surface area contributed by atoms with Crippen LogP contribution in [0.5, 0.6) is 0 Å². The lowest BCUT2D eigenvalue weighted by molar-refractivity contribution is -0.132. The third kappa shape index (κ3) is 3.89. The third-order valence-corrected chi connectivity index (χ3v) is 6.49. The van der Waals surface area contributed by atoms with Crippen LogP contribution < -0.4 is 5.73 Å². The number of nitrogens with zero attached hydrogens (tertiary/aromatic N) is 5. The van der Waals surface area contributed by atoms with Gasteiger partial charge in [-0.15, -0.1) is 5.10 Å². The molecule has 1 aliphatic heterocycles. The molecule has 0 atom stereocenters. The molecule has 1 aliphatic rings. The molecule has 0 saturated carbocycles. The van der Waals surface area contributed by atoms with Gasteiger partial charge in [-0.1, -0.05) is 30.0 Å². The van der Waals surface area contributed by atoms with E-state index in [2.05, 4.69) is 10.2 Å². The lowest BCUT2D eigenvalue weighted by atomic mass is 9.96. The zero-order valence-corrected chi connectivity index (χ0v) is 17.9. The van der Waals surface area contributed by atoms with Crippen molar-refractivity contribution in [2.24, 2.45) is 11.7 Å². The molecular formula is C21H24N6O2S. The fourth-order valence-corrected chi connectivity index (χ4v) is 4.68. The first-order chi connectivity index (χ1) is 14.5. The van der Waals surface area contributed by atoms with Crippen molar-refractivity contribution in [3.63, 3.8) is 0 Å². The van der Waals surface area contributed by atoms with Crippen LogP contribution in [0.2, 0.25) is 0 Å². The number of carbonyl (C=O) groups excluding carboxylic acids is 2. The summed E-state index contributed by atoms with van der Waals surface area (Å²) in [6.45, 7) is 5.05. The highest BCUT2D eigenvalue weighted by molar-refractivity contribution is 8.00. The molecule has 2 aromatic heterocycles. The molecule has 9 heteroatoms. The van der Waals surface area contributed by atoms with E-state index in [1.54, 1.807) is 4.90 Å². The maximum Gasteiger partial charge on any atom is 0.232 e. The number of piperidine rings is 1. The van der Waals surface area contributed by atoms with Crippen molar-refractivity contribution in [3.8, 4) is 5.69 Å². The Hall–Kier alpha value is -2.94. The minimum Gasteiger partial charge on any atom is -0.369 e. The molecule has 0 bridgehead atoms. The Kier molecular flexibility index (Phi) is 5.72. The van der Waals surface area contributed by atoms with Crippen molar-refractivity contribution in [2.45, 2.75) is 31.7 Å². The lowest BCUT2D eigenvalue weighted by Gasteiger charge is -2.30. The molecule has 4 rings (SSSR count). The molecule has 156 valence electrons. The summed E-state index contributed by atoms with van der Waals surface area (Å²) < 4.78 is 1.89. The van der Waals surface area contributed by atoms with Crippen LogP contribution in [0.15, 0.2) is 35.4 Å². The molecule has 2 amide bonds. The molecular weight excluding hydrogens is 400 g/mol. The molecule has 0 aliphatic carbocycles. The predicted octanol–water partition coefficient (Wildman–Crippen LogP) is 2.25. The second-order valence-electron chi connectivity index (χ2n) is 7.49. The van der Waals surface area contributed by atoms with Crippen molar-refractivity contribution >= 4 is 34.5 Å². The number of hydrogen-bond acceptors (Lipinski definition) is 6. The Morgan fingerprint density at radius 2 is 1.83 bits per heavy atom. The number of rotatable bonds is 5. The normalized spacial score (nSPS) is 14.9. The van der Waals surface area contributed by atoms with Crippen LogP contribution in [0.1, 0.15) is 24.2 Å². The SMILES string of the molecule is Cc1nnc(SCC(=O)N2CCC(C(N)=O)CC2)c2nn(-c3ccccc3)c(C)c12. The molecule has 0 spiro atoms. The number of fused-ring (bicyclic) bond motifs is 1. The highest BCUT2D eigenvalue weighted by Crippen LogP contribution is 2.30. The summed E-state index contributed by atoms with van der Waals surface area (Å²) >= 11 is 1.35. The number of amides is 2. The van der Waals surface area contributed by atoms with Gasteiger partial charge in [0, 0.05) is 24.4 Å². The summed E-state index contributed by atoms with van der Waals surface area (Å²) in [6.07, 6.45) is 1.25. The maximum atomic E-state index is 12.7. The van der Waals surface area contributed by atoms with E-state index in [0.717, 1.165) is 28.0 Å². The third-order valence-electron chi connectivity index (χ3n) is 5.55. The summed E-state index contributed by atoms with van der Waals surface area (Å²) in [5.74, 6) is -0.129. The number of carbonyl (C=O) groups is 2. The Labute approximate surface area is 178 Å². The molecule has 0 radical (unpaired) electrons. The minimum atomic E-state index is -0.279. The fourth-order valence-electron chi connectivity index (χ4n) is 3.86. The van der Waals surface area contributed by atoms with Crippen LogP contribution in [-0.4, -0.2) is 55.5 Å². The number of primary amides is 1. The van der Waals surface area contributed by atoms with Gasteiger partial charge >= 0.3 is 0 Å². The van der Waals surface area contributed by atoms with Crippen molar-refractivity contribution in [1.29, 1.82) is 0 Å². The molecule has 1 aromatic carbocycles. The summed E-state index contributed by atoms with van der Waals surface area (Å²) in [4.78, 5) is 25.8. The molecule has 3 aromatic rings. The number of para-hydroxylation sites is 1. The Morgan fingerprint density at radius 3 is 2.50 bits per heavy atom. The fraction of sp³-hybridized carbons (Fsp3) is 0.381. The van der Waals surface area contributed by atoms with Gasteiger partial charge in [0.2, 0.25) is 11.8 Å². The average molecular weight is 425 g/mol. The highest BCUT2D eigenvalue weighted by Gasteiger charge is 2.26. The largest absolute Gasteiger partial charge is 0.369 e. The summed E-state index contributed by atoms with van der Waals surface area (Å²) in [6, 6.07) is 9.91. The van der Waals surface area contributed by atoms with Gasteiger partial charge < -0.3 is 10.6 Å². The van der Waals surface area contributed by atoms with Gasteiger partial charge in [-0.05, 0) is 38.8 Å². The van der Waals surface area contributed by atoms with E-state index in [1.165, 1.54) is 11.8 Å². The summed E-state index contributed by atoms with van der Waals surface area (Å²) in [7, 11) is 0. The molecule has 2 N–H and O–H groups in total. The van der Waals surface area contributed by atoms with Crippen molar-refractivity contribution < 1.29 is 9.59 Å². The van der Waals surface area contributed by atoms with Gasteiger partial charge in [0.15, 0.2) is 0 Å². The summed E-state index contributed by atoms with van der Waals surface area (Å²) in [5, 5.41) is 15.0. The molecule has 3 heterocycles. The Morgan fingerprint density at radius 1 is 1.13 bits per heavy atom. The second kappa shape index (κ2) is 8.43. The van der Waals surface area contributed by atoms with E-state index in [-0.39, 0.29) is 23.5 Å². The Bertz CT molecular complexity index is 1090. The van der Waals surface area contributed by atoms with Gasteiger partial charge in [0.25, 0.3) is 0 Å². The van der Waals surface area contributed by atoms with Gasteiger partial charge in [0.1, 0.15) is 10.5 Å².